The Morgan fingerprint density at radius 3 is 2.81 bits per heavy atom. The van der Waals surface area contributed by atoms with E-state index in [0.29, 0.717) is 18.1 Å². The van der Waals surface area contributed by atoms with Crippen molar-refractivity contribution >= 4 is 17.6 Å². The molecule has 0 saturated carbocycles. The Morgan fingerprint density at radius 2 is 2.31 bits per heavy atom. The number of aromatic nitrogens is 2. The Bertz CT molecular complexity index is 371. The second kappa shape index (κ2) is 5.68. The SMILES string of the molecule is CSCC(C)(O)CNc1cnc(C#N)cn1. The number of anilines is 1. The van der Waals surface area contributed by atoms with Crippen molar-refractivity contribution in [2.45, 2.75) is 12.5 Å². The third-order valence-electron chi connectivity index (χ3n) is 1.87. The minimum atomic E-state index is -0.783. The molecule has 86 valence electrons. The van der Waals surface area contributed by atoms with Crippen LogP contribution in [-0.2, 0) is 0 Å². The van der Waals surface area contributed by atoms with E-state index in [9.17, 15) is 5.11 Å². The van der Waals surface area contributed by atoms with Crippen LogP contribution in [0.1, 0.15) is 12.6 Å². The summed E-state index contributed by atoms with van der Waals surface area (Å²) in [6, 6.07) is 1.89. The van der Waals surface area contributed by atoms with E-state index in [1.807, 2.05) is 12.3 Å². The van der Waals surface area contributed by atoms with Gasteiger partial charge in [0.1, 0.15) is 11.9 Å². The van der Waals surface area contributed by atoms with Crippen LogP contribution >= 0.6 is 11.8 Å². The molecule has 1 atom stereocenters. The van der Waals surface area contributed by atoms with E-state index in [-0.39, 0.29) is 5.69 Å². The smallest absolute Gasteiger partial charge is 0.158 e. The van der Waals surface area contributed by atoms with Crippen LogP contribution in [0.4, 0.5) is 5.82 Å². The number of nitriles is 1. The summed E-state index contributed by atoms with van der Waals surface area (Å²) in [5.41, 5.74) is -0.504. The van der Waals surface area contributed by atoms with Crippen molar-refractivity contribution in [1.82, 2.24) is 9.97 Å². The van der Waals surface area contributed by atoms with Gasteiger partial charge in [-0.25, -0.2) is 9.97 Å². The third kappa shape index (κ3) is 4.04. The summed E-state index contributed by atoms with van der Waals surface area (Å²) >= 11 is 1.58. The van der Waals surface area contributed by atoms with Crippen LogP contribution in [0.2, 0.25) is 0 Å². The van der Waals surface area contributed by atoms with Crippen LogP contribution in [0, 0.1) is 11.3 Å². The van der Waals surface area contributed by atoms with Crippen molar-refractivity contribution < 1.29 is 5.11 Å². The fourth-order valence-electron chi connectivity index (χ4n) is 1.12. The molecule has 0 radical (unpaired) electrons. The van der Waals surface area contributed by atoms with Crippen LogP contribution in [0.3, 0.4) is 0 Å². The highest BCUT2D eigenvalue weighted by Gasteiger charge is 2.19. The van der Waals surface area contributed by atoms with Gasteiger partial charge in [-0.05, 0) is 13.2 Å². The van der Waals surface area contributed by atoms with E-state index in [1.165, 1.54) is 12.4 Å². The summed E-state index contributed by atoms with van der Waals surface area (Å²) in [6.45, 7) is 2.15. The zero-order valence-electron chi connectivity index (χ0n) is 9.27. The van der Waals surface area contributed by atoms with Crippen molar-refractivity contribution in [3.05, 3.63) is 18.1 Å². The number of hydrogen-bond donors (Lipinski definition) is 2. The molecule has 5 nitrogen and oxygen atoms in total. The van der Waals surface area contributed by atoms with Gasteiger partial charge in [0.15, 0.2) is 5.69 Å². The van der Waals surface area contributed by atoms with Gasteiger partial charge < -0.3 is 10.4 Å². The van der Waals surface area contributed by atoms with E-state index in [4.69, 9.17) is 5.26 Å². The maximum absolute atomic E-state index is 9.89. The minimum Gasteiger partial charge on any atom is -0.387 e. The van der Waals surface area contributed by atoms with Crippen molar-refractivity contribution in [3.8, 4) is 6.07 Å². The molecule has 0 aromatic carbocycles. The molecule has 1 heterocycles. The molecule has 1 unspecified atom stereocenters. The number of thioether (sulfide) groups is 1. The van der Waals surface area contributed by atoms with Gasteiger partial charge in [-0.3, -0.25) is 0 Å². The lowest BCUT2D eigenvalue weighted by Crippen LogP contribution is -2.36. The zero-order chi connectivity index (χ0) is 12.0. The molecule has 1 rings (SSSR count). The van der Waals surface area contributed by atoms with Crippen molar-refractivity contribution in [3.63, 3.8) is 0 Å². The van der Waals surface area contributed by atoms with E-state index in [1.54, 1.807) is 18.7 Å². The fourth-order valence-corrected chi connectivity index (χ4v) is 1.84. The van der Waals surface area contributed by atoms with Crippen LogP contribution in [0.5, 0.6) is 0 Å². The van der Waals surface area contributed by atoms with Gasteiger partial charge in [-0.15, -0.1) is 0 Å². The lowest BCUT2D eigenvalue weighted by Gasteiger charge is -2.22. The van der Waals surface area contributed by atoms with Crippen molar-refractivity contribution in [2.75, 3.05) is 23.9 Å². The molecule has 0 aliphatic rings. The molecule has 1 aromatic rings. The predicted octanol–water partition coefficient (Wildman–Crippen LogP) is 0.874. The summed E-state index contributed by atoms with van der Waals surface area (Å²) < 4.78 is 0. The molecular weight excluding hydrogens is 224 g/mol. The topological polar surface area (TPSA) is 81.8 Å². The maximum atomic E-state index is 9.89. The molecule has 16 heavy (non-hydrogen) atoms. The Labute approximate surface area is 98.9 Å². The largest absolute Gasteiger partial charge is 0.387 e. The average molecular weight is 238 g/mol. The van der Waals surface area contributed by atoms with Gasteiger partial charge >= 0.3 is 0 Å². The molecule has 6 heteroatoms. The molecule has 0 fully saturated rings. The molecule has 1 aromatic heterocycles. The molecule has 0 saturated heterocycles. The highest BCUT2D eigenvalue weighted by molar-refractivity contribution is 7.98. The van der Waals surface area contributed by atoms with Gasteiger partial charge in [-0.1, -0.05) is 0 Å². The fraction of sp³-hybridized carbons (Fsp3) is 0.500. The first-order chi connectivity index (χ1) is 7.57. The molecule has 0 spiro atoms. The quantitative estimate of drug-likeness (QED) is 0.792. The van der Waals surface area contributed by atoms with Crippen LogP contribution in [0.25, 0.3) is 0 Å². The first-order valence-electron chi connectivity index (χ1n) is 4.75. The van der Waals surface area contributed by atoms with Gasteiger partial charge in [0.25, 0.3) is 0 Å². The summed E-state index contributed by atoms with van der Waals surface area (Å²) in [5.74, 6) is 1.20. The molecule has 0 bridgehead atoms. The first-order valence-corrected chi connectivity index (χ1v) is 6.14. The standard InChI is InChI=1S/C10H14N4OS/c1-10(15,7-16-2)6-14-9-5-12-8(3-11)4-13-9/h4-5,15H,6-7H2,1-2H3,(H,13,14). The molecular formula is C10H14N4OS. The second-order valence-corrected chi connectivity index (χ2v) is 4.55. The number of nitrogens with one attached hydrogen (secondary N) is 1. The third-order valence-corrected chi connectivity index (χ3v) is 2.78. The summed E-state index contributed by atoms with van der Waals surface area (Å²) in [5, 5.41) is 21.4. The number of rotatable bonds is 5. The number of nitrogens with zero attached hydrogens (tertiary/aromatic N) is 3. The highest BCUT2D eigenvalue weighted by atomic mass is 32.2. The first kappa shape index (κ1) is 12.7. The van der Waals surface area contributed by atoms with E-state index in [0.717, 1.165) is 0 Å². The van der Waals surface area contributed by atoms with Gasteiger partial charge in [0.05, 0.1) is 18.0 Å². The Kier molecular flexibility index (Phi) is 4.52. The van der Waals surface area contributed by atoms with Crippen molar-refractivity contribution in [1.29, 1.82) is 5.26 Å². The summed E-state index contributed by atoms with van der Waals surface area (Å²) in [6.07, 6.45) is 4.81. The van der Waals surface area contributed by atoms with Crippen LogP contribution < -0.4 is 5.32 Å². The number of hydrogen-bond acceptors (Lipinski definition) is 6. The molecule has 0 amide bonds. The van der Waals surface area contributed by atoms with Crippen LogP contribution in [-0.4, -0.2) is 39.2 Å². The Morgan fingerprint density at radius 1 is 1.56 bits per heavy atom. The van der Waals surface area contributed by atoms with Crippen molar-refractivity contribution in [2.24, 2.45) is 0 Å². The Balaban J connectivity index is 2.52. The molecule has 0 aliphatic carbocycles. The van der Waals surface area contributed by atoms with Crippen LogP contribution in [0.15, 0.2) is 12.4 Å². The Hall–Kier alpha value is -1.32. The monoisotopic (exact) mass is 238 g/mol. The van der Waals surface area contributed by atoms with E-state index >= 15 is 0 Å². The molecule has 2 N–H and O–H groups in total. The minimum absolute atomic E-state index is 0.279. The van der Waals surface area contributed by atoms with E-state index in [2.05, 4.69) is 15.3 Å². The lowest BCUT2D eigenvalue weighted by molar-refractivity contribution is 0.0996. The summed E-state index contributed by atoms with van der Waals surface area (Å²) in [7, 11) is 0. The number of aliphatic hydroxyl groups is 1. The normalized spacial score (nSPS) is 13.9. The van der Waals surface area contributed by atoms with E-state index < -0.39 is 5.60 Å². The second-order valence-electron chi connectivity index (χ2n) is 3.68. The van der Waals surface area contributed by atoms with Gasteiger partial charge in [0, 0.05) is 12.3 Å². The van der Waals surface area contributed by atoms with Gasteiger partial charge in [-0.2, -0.15) is 17.0 Å². The predicted molar refractivity (Wildman–Crippen MR) is 64.2 cm³/mol. The summed E-state index contributed by atoms with van der Waals surface area (Å²) in [4.78, 5) is 7.87. The zero-order valence-corrected chi connectivity index (χ0v) is 10.1. The highest BCUT2D eigenvalue weighted by Crippen LogP contribution is 2.11. The lowest BCUT2D eigenvalue weighted by atomic mass is 10.1. The average Bonchev–Trinajstić information content (AvgIpc) is 2.27. The maximum Gasteiger partial charge on any atom is 0.158 e. The molecule has 0 aliphatic heterocycles. The van der Waals surface area contributed by atoms with Gasteiger partial charge in [0.2, 0.25) is 0 Å².